The standard InChI is InChI=1S/C11H17N3OS2/c1-5(10(12)16)11(15)14-7(3)9-6(2)13-8(4)17-9/h5,7H,1-4H3,(H2,12,16)(H,14,15). The Morgan fingerprint density at radius 1 is 1.47 bits per heavy atom. The summed E-state index contributed by atoms with van der Waals surface area (Å²) in [5.41, 5.74) is 6.41. The predicted molar refractivity (Wildman–Crippen MR) is 74.1 cm³/mol. The number of aryl methyl sites for hydroxylation is 2. The molecule has 2 atom stereocenters. The van der Waals surface area contributed by atoms with Crippen LogP contribution in [0.25, 0.3) is 0 Å². The molecular formula is C11H17N3OS2. The second-order valence-corrected chi connectivity index (χ2v) is 5.74. The zero-order valence-corrected chi connectivity index (χ0v) is 12.0. The zero-order chi connectivity index (χ0) is 13.2. The van der Waals surface area contributed by atoms with E-state index in [-0.39, 0.29) is 16.9 Å². The molecule has 0 saturated heterocycles. The van der Waals surface area contributed by atoms with Gasteiger partial charge in [0.1, 0.15) is 0 Å². The Kier molecular flexibility index (Phi) is 4.59. The molecule has 0 radical (unpaired) electrons. The lowest BCUT2D eigenvalue weighted by Crippen LogP contribution is -2.37. The molecule has 17 heavy (non-hydrogen) atoms. The van der Waals surface area contributed by atoms with E-state index in [9.17, 15) is 4.79 Å². The summed E-state index contributed by atoms with van der Waals surface area (Å²) in [6.07, 6.45) is 0. The minimum absolute atomic E-state index is 0.0644. The van der Waals surface area contributed by atoms with E-state index in [1.54, 1.807) is 18.3 Å². The molecule has 1 rings (SSSR count). The fourth-order valence-corrected chi connectivity index (χ4v) is 2.52. The van der Waals surface area contributed by atoms with Crippen LogP contribution in [0.4, 0.5) is 0 Å². The number of thiazole rings is 1. The first kappa shape index (κ1) is 14.1. The molecule has 0 saturated carbocycles. The van der Waals surface area contributed by atoms with Crippen molar-refractivity contribution in [2.75, 3.05) is 0 Å². The molecule has 0 aliphatic rings. The largest absolute Gasteiger partial charge is 0.393 e. The lowest BCUT2D eigenvalue weighted by molar-refractivity contribution is -0.123. The van der Waals surface area contributed by atoms with Crippen LogP contribution in [0.5, 0.6) is 0 Å². The topological polar surface area (TPSA) is 68.0 Å². The van der Waals surface area contributed by atoms with Crippen molar-refractivity contribution < 1.29 is 4.79 Å². The highest BCUT2D eigenvalue weighted by molar-refractivity contribution is 7.80. The van der Waals surface area contributed by atoms with Crippen molar-refractivity contribution in [1.82, 2.24) is 10.3 Å². The maximum absolute atomic E-state index is 11.8. The van der Waals surface area contributed by atoms with Gasteiger partial charge < -0.3 is 11.1 Å². The Hall–Kier alpha value is -1.01. The molecule has 6 heteroatoms. The molecule has 1 aromatic heterocycles. The number of carbonyl (C=O) groups is 1. The smallest absolute Gasteiger partial charge is 0.230 e. The molecule has 4 nitrogen and oxygen atoms in total. The quantitative estimate of drug-likeness (QED) is 0.820. The summed E-state index contributed by atoms with van der Waals surface area (Å²) in [6.45, 7) is 7.53. The second kappa shape index (κ2) is 5.55. The van der Waals surface area contributed by atoms with E-state index in [0.29, 0.717) is 0 Å². The SMILES string of the molecule is Cc1nc(C)c(C(C)NC(=O)C(C)C(N)=S)s1. The molecule has 94 valence electrons. The van der Waals surface area contributed by atoms with Crippen LogP contribution in [0.1, 0.15) is 35.5 Å². The van der Waals surface area contributed by atoms with Crippen molar-refractivity contribution in [2.24, 2.45) is 11.7 Å². The number of thiocarbonyl (C=S) groups is 1. The predicted octanol–water partition coefficient (Wildman–Crippen LogP) is 1.86. The summed E-state index contributed by atoms with van der Waals surface area (Å²) in [7, 11) is 0. The molecular weight excluding hydrogens is 254 g/mol. The van der Waals surface area contributed by atoms with Crippen LogP contribution >= 0.6 is 23.6 Å². The van der Waals surface area contributed by atoms with Gasteiger partial charge in [0.15, 0.2) is 0 Å². The van der Waals surface area contributed by atoms with Crippen molar-refractivity contribution >= 4 is 34.5 Å². The van der Waals surface area contributed by atoms with Gasteiger partial charge in [-0.15, -0.1) is 11.3 Å². The average molecular weight is 271 g/mol. The molecule has 0 spiro atoms. The lowest BCUT2D eigenvalue weighted by atomic mass is 10.1. The number of rotatable bonds is 4. The van der Waals surface area contributed by atoms with Crippen molar-refractivity contribution in [3.63, 3.8) is 0 Å². The summed E-state index contributed by atoms with van der Waals surface area (Å²) in [6, 6.07) is -0.0644. The molecule has 1 amide bonds. The van der Waals surface area contributed by atoms with Gasteiger partial charge in [0.2, 0.25) is 5.91 Å². The summed E-state index contributed by atoms with van der Waals surface area (Å²) >= 11 is 6.40. The number of carbonyl (C=O) groups excluding carboxylic acids is 1. The van der Waals surface area contributed by atoms with Crippen LogP contribution in [0.2, 0.25) is 0 Å². The molecule has 0 bridgehead atoms. The molecule has 0 fully saturated rings. The van der Waals surface area contributed by atoms with Gasteiger partial charge in [-0.25, -0.2) is 4.98 Å². The molecule has 2 unspecified atom stereocenters. The van der Waals surface area contributed by atoms with Gasteiger partial charge in [0, 0.05) is 4.88 Å². The van der Waals surface area contributed by atoms with Gasteiger partial charge >= 0.3 is 0 Å². The third kappa shape index (κ3) is 3.47. The minimum Gasteiger partial charge on any atom is -0.393 e. The lowest BCUT2D eigenvalue weighted by Gasteiger charge is -2.16. The van der Waals surface area contributed by atoms with Crippen LogP contribution in [-0.4, -0.2) is 15.9 Å². The Morgan fingerprint density at radius 3 is 2.47 bits per heavy atom. The van der Waals surface area contributed by atoms with Crippen molar-refractivity contribution in [1.29, 1.82) is 0 Å². The van der Waals surface area contributed by atoms with Gasteiger partial charge in [-0.1, -0.05) is 12.2 Å². The van der Waals surface area contributed by atoms with E-state index in [1.165, 1.54) is 0 Å². The Morgan fingerprint density at radius 2 is 2.06 bits per heavy atom. The first-order valence-corrected chi connectivity index (χ1v) is 6.59. The fourth-order valence-electron chi connectivity index (χ4n) is 1.48. The summed E-state index contributed by atoms with van der Waals surface area (Å²) < 4.78 is 0. The molecule has 3 N–H and O–H groups in total. The Labute approximate surface area is 111 Å². The van der Waals surface area contributed by atoms with Crippen molar-refractivity contribution in [3.05, 3.63) is 15.6 Å². The van der Waals surface area contributed by atoms with Gasteiger partial charge in [0.05, 0.1) is 27.6 Å². The Bertz CT molecular complexity index is 442. The number of nitrogens with zero attached hydrogens (tertiary/aromatic N) is 1. The second-order valence-electron chi connectivity index (χ2n) is 4.04. The molecule has 0 aromatic carbocycles. The molecule has 1 heterocycles. The third-order valence-corrected chi connectivity index (χ3v) is 4.12. The first-order chi connectivity index (χ1) is 7.82. The van der Waals surface area contributed by atoms with E-state index >= 15 is 0 Å². The van der Waals surface area contributed by atoms with E-state index < -0.39 is 5.92 Å². The number of nitrogens with two attached hydrogens (primary N) is 1. The first-order valence-electron chi connectivity index (χ1n) is 5.36. The van der Waals surface area contributed by atoms with E-state index in [1.807, 2.05) is 20.8 Å². The van der Waals surface area contributed by atoms with Gasteiger partial charge in [-0.3, -0.25) is 4.79 Å². The van der Waals surface area contributed by atoms with Gasteiger partial charge in [-0.05, 0) is 27.7 Å². The number of amides is 1. The number of hydrogen-bond donors (Lipinski definition) is 2. The van der Waals surface area contributed by atoms with Gasteiger partial charge in [-0.2, -0.15) is 0 Å². The Balaban J connectivity index is 2.73. The summed E-state index contributed by atoms with van der Waals surface area (Å²) in [5.74, 6) is -0.586. The average Bonchev–Trinajstić information content (AvgIpc) is 2.56. The van der Waals surface area contributed by atoms with Crippen molar-refractivity contribution in [2.45, 2.75) is 33.7 Å². The van der Waals surface area contributed by atoms with Crippen LogP contribution in [-0.2, 0) is 4.79 Å². The van der Waals surface area contributed by atoms with Crippen molar-refractivity contribution in [3.8, 4) is 0 Å². The highest BCUT2D eigenvalue weighted by Gasteiger charge is 2.20. The maximum atomic E-state index is 11.8. The summed E-state index contributed by atoms with van der Waals surface area (Å²) in [5, 5.41) is 3.90. The molecule has 0 aliphatic heterocycles. The van der Waals surface area contributed by atoms with Crippen LogP contribution in [0.15, 0.2) is 0 Å². The van der Waals surface area contributed by atoms with Crippen LogP contribution in [0, 0.1) is 19.8 Å². The molecule has 0 aliphatic carbocycles. The van der Waals surface area contributed by atoms with E-state index in [4.69, 9.17) is 18.0 Å². The number of hydrogen-bond acceptors (Lipinski definition) is 4. The van der Waals surface area contributed by atoms with E-state index in [2.05, 4.69) is 10.3 Å². The molecule has 1 aromatic rings. The zero-order valence-electron chi connectivity index (χ0n) is 10.4. The highest BCUT2D eigenvalue weighted by atomic mass is 32.1. The summed E-state index contributed by atoms with van der Waals surface area (Å²) in [4.78, 5) is 17.4. The normalized spacial score (nSPS) is 14.1. The highest BCUT2D eigenvalue weighted by Crippen LogP contribution is 2.24. The van der Waals surface area contributed by atoms with Crippen LogP contribution < -0.4 is 11.1 Å². The fraction of sp³-hybridized carbons (Fsp3) is 0.545. The maximum Gasteiger partial charge on any atom is 0.230 e. The number of nitrogens with one attached hydrogen (secondary N) is 1. The van der Waals surface area contributed by atoms with E-state index in [0.717, 1.165) is 15.6 Å². The van der Waals surface area contributed by atoms with Gasteiger partial charge in [0.25, 0.3) is 0 Å². The minimum atomic E-state index is -0.443. The number of aromatic nitrogens is 1. The monoisotopic (exact) mass is 271 g/mol. The third-order valence-electron chi connectivity index (χ3n) is 2.51. The van der Waals surface area contributed by atoms with Crippen LogP contribution in [0.3, 0.4) is 0 Å².